The molecule has 0 fully saturated rings. The number of halogens is 3. The minimum absolute atomic E-state index is 0.0236. The maximum Gasteiger partial charge on any atom is 0.416 e. The van der Waals surface area contributed by atoms with Crippen molar-refractivity contribution in [1.29, 1.82) is 0 Å². The lowest BCUT2D eigenvalue weighted by molar-refractivity contribution is -0.385. The van der Waals surface area contributed by atoms with Crippen molar-refractivity contribution in [2.24, 2.45) is 5.73 Å². The van der Waals surface area contributed by atoms with Gasteiger partial charge in [0.2, 0.25) is 5.91 Å². The number of nitro benzene ring substituents is 1. The Kier molecular flexibility index (Phi) is 4.72. The molecule has 0 heterocycles. The number of carbonyl (C=O) groups is 1. The number of nitrogens with one attached hydrogen (secondary N) is 1. The number of nitrogens with zero attached hydrogens (tertiary/aromatic N) is 1. The second kappa shape index (κ2) is 6.57. The quantitative estimate of drug-likeness (QED) is 0.645. The lowest BCUT2D eigenvalue weighted by atomic mass is 10.1. The molecule has 6 nitrogen and oxygen atoms in total. The fourth-order valence-electron chi connectivity index (χ4n) is 2.04. The molecule has 0 aliphatic rings. The normalized spacial score (nSPS) is 11.1. The number of amides is 1. The van der Waals surface area contributed by atoms with Crippen LogP contribution in [0.15, 0.2) is 42.5 Å². The van der Waals surface area contributed by atoms with Crippen LogP contribution in [0.4, 0.5) is 24.5 Å². The van der Waals surface area contributed by atoms with Crippen molar-refractivity contribution in [3.63, 3.8) is 0 Å². The summed E-state index contributed by atoms with van der Waals surface area (Å²) in [4.78, 5) is 21.5. The van der Waals surface area contributed by atoms with Gasteiger partial charge in [-0.05, 0) is 30.3 Å². The van der Waals surface area contributed by atoms with Gasteiger partial charge in [-0.2, -0.15) is 13.2 Å². The number of alkyl halides is 3. The van der Waals surface area contributed by atoms with E-state index in [2.05, 4.69) is 5.32 Å². The minimum atomic E-state index is -4.48. The highest BCUT2D eigenvalue weighted by atomic mass is 19.4. The van der Waals surface area contributed by atoms with Crippen LogP contribution in [-0.4, -0.2) is 10.8 Å². The van der Waals surface area contributed by atoms with E-state index in [0.717, 1.165) is 18.2 Å². The molecule has 0 aliphatic heterocycles. The summed E-state index contributed by atoms with van der Waals surface area (Å²) in [6, 6.07) is 8.16. The van der Waals surface area contributed by atoms with Crippen molar-refractivity contribution < 1.29 is 22.9 Å². The summed E-state index contributed by atoms with van der Waals surface area (Å²) in [7, 11) is 0. The van der Waals surface area contributed by atoms with Crippen molar-refractivity contribution in [3.8, 4) is 0 Å². The molecule has 9 heteroatoms. The van der Waals surface area contributed by atoms with Crippen LogP contribution in [0.5, 0.6) is 0 Å². The minimum Gasteiger partial charge on any atom is -0.381 e. The molecule has 0 saturated carbocycles. The number of nitro groups is 1. The average molecular weight is 339 g/mol. The number of hydrogen-bond acceptors (Lipinski definition) is 4. The van der Waals surface area contributed by atoms with Gasteiger partial charge in [-0.25, -0.2) is 0 Å². The number of benzene rings is 2. The van der Waals surface area contributed by atoms with E-state index in [1.54, 1.807) is 0 Å². The first kappa shape index (κ1) is 17.3. The SMILES string of the molecule is NC(=O)c1ccc(CNc2cccc(C(F)(F)F)c2)c([N+](=O)[O-])c1. The van der Waals surface area contributed by atoms with Crippen LogP contribution in [-0.2, 0) is 12.7 Å². The molecule has 2 rings (SSSR count). The molecule has 0 unspecified atom stereocenters. The maximum atomic E-state index is 12.7. The standard InChI is InChI=1S/C15H12F3N3O3/c16-15(17,18)11-2-1-3-12(7-11)20-8-10-5-4-9(14(19)22)6-13(10)21(23)24/h1-7,20H,8H2,(H2,19,22). The van der Waals surface area contributed by atoms with Gasteiger partial charge in [-0.1, -0.05) is 6.07 Å². The fraction of sp³-hybridized carbons (Fsp3) is 0.133. The highest BCUT2D eigenvalue weighted by molar-refractivity contribution is 5.93. The highest BCUT2D eigenvalue weighted by Gasteiger charge is 2.30. The van der Waals surface area contributed by atoms with E-state index in [1.165, 1.54) is 24.3 Å². The largest absolute Gasteiger partial charge is 0.416 e. The summed E-state index contributed by atoms with van der Waals surface area (Å²) in [5, 5.41) is 13.8. The summed E-state index contributed by atoms with van der Waals surface area (Å²) in [5.41, 5.74) is 4.25. The van der Waals surface area contributed by atoms with Gasteiger partial charge in [-0.3, -0.25) is 14.9 Å². The topological polar surface area (TPSA) is 98.3 Å². The average Bonchev–Trinajstić information content (AvgIpc) is 2.52. The first-order chi connectivity index (χ1) is 11.2. The summed E-state index contributed by atoms with van der Waals surface area (Å²) in [5.74, 6) is -0.810. The van der Waals surface area contributed by atoms with E-state index in [9.17, 15) is 28.1 Å². The van der Waals surface area contributed by atoms with Crippen molar-refractivity contribution >= 4 is 17.3 Å². The van der Waals surface area contributed by atoms with Crippen molar-refractivity contribution in [1.82, 2.24) is 0 Å². The zero-order valence-electron chi connectivity index (χ0n) is 12.1. The van der Waals surface area contributed by atoms with E-state index in [4.69, 9.17) is 5.73 Å². The molecular formula is C15H12F3N3O3. The summed E-state index contributed by atoms with van der Waals surface area (Å²) >= 11 is 0. The molecule has 0 aromatic heterocycles. The number of nitrogens with two attached hydrogens (primary N) is 1. The third-order valence-corrected chi connectivity index (χ3v) is 3.24. The lowest BCUT2D eigenvalue weighted by Crippen LogP contribution is -2.12. The fourth-order valence-corrected chi connectivity index (χ4v) is 2.04. The molecule has 0 spiro atoms. The number of anilines is 1. The Balaban J connectivity index is 2.23. The molecule has 126 valence electrons. The van der Waals surface area contributed by atoms with Crippen LogP contribution in [0.2, 0.25) is 0 Å². The zero-order valence-corrected chi connectivity index (χ0v) is 12.1. The van der Waals surface area contributed by atoms with E-state index < -0.39 is 22.6 Å². The summed E-state index contributed by atoms with van der Waals surface area (Å²) in [6.45, 7) is -0.0866. The molecule has 3 N–H and O–H groups in total. The van der Waals surface area contributed by atoms with Crippen LogP contribution < -0.4 is 11.1 Å². The molecule has 1 amide bonds. The number of primary amides is 1. The van der Waals surface area contributed by atoms with Crippen LogP contribution in [0.25, 0.3) is 0 Å². The van der Waals surface area contributed by atoms with E-state index in [1.807, 2.05) is 0 Å². The molecular weight excluding hydrogens is 327 g/mol. The van der Waals surface area contributed by atoms with Gasteiger partial charge in [-0.15, -0.1) is 0 Å². The maximum absolute atomic E-state index is 12.7. The predicted molar refractivity (Wildman–Crippen MR) is 80.4 cm³/mol. The zero-order chi connectivity index (χ0) is 17.9. The molecule has 0 bridgehead atoms. The number of carbonyl (C=O) groups excluding carboxylic acids is 1. The predicted octanol–water partition coefficient (Wildman–Crippen LogP) is 3.32. The van der Waals surface area contributed by atoms with Crippen molar-refractivity contribution in [2.45, 2.75) is 12.7 Å². The molecule has 2 aromatic carbocycles. The van der Waals surface area contributed by atoms with Gasteiger partial charge in [0.15, 0.2) is 0 Å². The van der Waals surface area contributed by atoms with Gasteiger partial charge < -0.3 is 11.1 Å². The first-order valence-corrected chi connectivity index (χ1v) is 6.67. The highest BCUT2D eigenvalue weighted by Crippen LogP contribution is 2.31. The van der Waals surface area contributed by atoms with Gasteiger partial charge in [0, 0.05) is 29.4 Å². The van der Waals surface area contributed by atoms with Crippen LogP contribution in [0.1, 0.15) is 21.5 Å². The monoisotopic (exact) mass is 339 g/mol. The third-order valence-electron chi connectivity index (χ3n) is 3.24. The molecule has 2 aromatic rings. The van der Waals surface area contributed by atoms with E-state index in [-0.39, 0.29) is 29.0 Å². The molecule has 24 heavy (non-hydrogen) atoms. The van der Waals surface area contributed by atoms with Crippen LogP contribution in [0.3, 0.4) is 0 Å². The molecule has 0 radical (unpaired) electrons. The summed E-state index contributed by atoms with van der Waals surface area (Å²) in [6.07, 6.45) is -4.48. The molecule has 0 atom stereocenters. The Morgan fingerprint density at radius 2 is 1.92 bits per heavy atom. The molecule has 0 aliphatic carbocycles. The number of hydrogen-bond donors (Lipinski definition) is 2. The third kappa shape index (κ3) is 4.00. The van der Waals surface area contributed by atoms with Gasteiger partial charge in [0.05, 0.1) is 10.5 Å². The lowest BCUT2D eigenvalue weighted by Gasteiger charge is -2.11. The first-order valence-electron chi connectivity index (χ1n) is 6.67. The Bertz CT molecular complexity index is 791. The number of rotatable bonds is 5. The Labute approximate surface area is 134 Å². The smallest absolute Gasteiger partial charge is 0.381 e. The second-order valence-corrected chi connectivity index (χ2v) is 4.90. The molecule has 0 saturated heterocycles. The van der Waals surface area contributed by atoms with E-state index in [0.29, 0.717) is 0 Å². The summed E-state index contributed by atoms with van der Waals surface area (Å²) < 4.78 is 38.0. The van der Waals surface area contributed by atoms with E-state index >= 15 is 0 Å². The Morgan fingerprint density at radius 3 is 2.50 bits per heavy atom. The van der Waals surface area contributed by atoms with Crippen LogP contribution in [0, 0.1) is 10.1 Å². The van der Waals surface area contributed by atoms with Gasteiger partial charge >= 0.3 is 6.18 Å². The van der Waals surface area contributed by atoms with Crippen LogP contribution >= 0.6 is 0 Å². The van der Waals surface area contributed by atoms with Gasteiger partial charge in [0.25, 0.3) is 5.69 Å². The Morgan fingerprint density at radius 1 is 1.21 bits per heavy atom. The van der Waals surface area contributed by atoms with Crippen molar-refractivity contribution in [3.05, 3.63) is 69.3 Å². The Hall–Kier alpha value is -3.10. The second-order valence-electron chi connectivity index (χ2n) is 4.90. The van der Waals surface area contributed by atoms with Crippen molar-refractivity contribution in [2.75, 3.05) is 5.32 Å². The van der Waals surface area contributed by atoms with Gasteiger partial charge in [0.1, 0.15) is 0 Å².